The predicted octanol–water partition coefficient (Wildman–Crippen LogP) is 5.55. The number of carboxylic acids is 1. The first-order valence-corrected chi connectivity index (χ1v) is 12.3. The number of hydrogen-bond donors (Lipinski definition) is 1. The highest BCUT2D eigenvalue weighted by Crippen LogP contribution is 2.49. The van der Waals surface area contributed by atoms with Crippen LogP contribution in [0.5, 0.6) is 11.5 Å². The van der Waals surface area contributed by atoms with Crippen LogP contribution >= 0.6 is 23.2 Å². The van der Waals surface area contributed by atoms with Crippen LogP contribution in [0.4, 0.5) is 0 Å². The topological polar surface area (TPSA) is 104 Å². The summed E-state index contributed by atoms with van der Waals surface area (Å²) in [4.78, 5) is 12.7. The Morgan fingerprint density at radius 1 is 1.12 bits per heavy atom. The summed E-state index contributed by atoms with van der Waals surface area (Å²) >= 11 is 11.5. The zero-order valence-electron chi connectivity index (χ0n) is 17.7. The van der Waals surface area contributed by atoms with Gasteiger partial charge in [-0.2, -0.15) is 5.26 Å². The van der Waals surface area contributed by atoms with Gasteiger partial charge in [0.2, 0.25) is 0 Å². The van der Waals surface area contributed by atoms with Crippen LogP contribution in [0.15, 0.2) is 65.2 Å². The average molecular weight is 496 g/mol. The Hall–Kier alpha value is -2.53. The van der Waals surface area contributed by atoms with Crippen molar-refractivity contribution in [1.82, 2.24) is 0 Å². The summed E-state index contributed by atoms with van der Waals surface area (Å²) in [6.07, 6.45) is 1.87. The Labute approximate surface area is 198 Å². The van der Waals surface area contributed by atoms with Crippen LogP contribution in [-0.4, -0.2) is 31.0 Å². The van der Waals surface area contributed by atoms with Crippen molar-refractivity contribution in [3.63, 3.8) is 0 Å². The highest BCUT2D eigenvalue weighted by atomic mass is 35.5. The van der Waals surface area contributed by atoms with Gasteiger partial charge in [-0.05, 0) is 41.8 Å². The minimum absolute atomic E-state index is 0.296. The molecule has 9 heteroatoms. The van der Waals surface area contributed by atoms with Gasteiger partial charge in [0.25, 0.3) is 0 Å². The van der Waals surface area contributed by atoms with Crippen molar-refractivity contribution in [2.45, 2.75) is 25.0 Å². The normalized spacial score (nSPS) is 15.2. The second kappa shape index (κ2) is 10.4. The van der Waals surface area contributed by atoms with E-state index in [0.717, 1.165) is 12.3 Å². The van der Waals surface area contributed by atoms with E-state index < -0.39 is 42.8 Å². The lowest BCUT2D eigenvalue weighted by atomic mass is 9.63. The molecule has 0 heterocycles. The van der Waals surface area contributed by atoms with Gasteiger partial charge in [-0.1, -0.05) is 67.4 Å². The van der Waals surface area contributed by atoms with E-state index in [1.165, 1.54) is 6.07 Å². The Balaban J connectivity index is 2.73. The molecule has 0 aromatic heterocycles. The van der Waals surface area contributed by atoms with Crippen LogP contribution in [0.25, 0.3) is 0 Å². The van der Waals surface area contributed by atoms with Gasteiger partial charge in [0.1, 0.15) is 21.4 Å². The molecule has 0 aliphatic rings. The molecule has 0 saturated heterocycles. The van der Waals surface area contributed by atoms with Crippen LogP contribution in [0, 0.1) is 22.7 Å². The first-order valence-electron chi connectivity index (χ1n) is 9.62. The lowest BCUT2D eigenvalue weighted by Gasteiger charge is -2.41. The van der Waals surface area contributed by atoms with Crippen molar-refractivity contribution < 1.29 is 23.1 Å². The summed E-state index contributed by atoms with van der Waals surface area (Å²) in [5.41, 5.74) is -1.78. The van der Waals surface area contributed by atoms with E-state index >= 15 is 0 Å². The molecule has 0 aliphatic carbocycles. The highest BCUT2D eigenvalue weighted by molar-refractivity contribution is 7.91. The average Bonchev–Trinajstić information content (AvgIpc) is 2.70. The Kier molecular flexibility index (Phi) is 8.35. The summed E-state index contributed by atoms with van der Waals surface area (Å²) in [6, 6.07) is 17.3. The van der Waals surface area contributed by atoms with Crippen molar-refractivity contribution in [3.05, 3.63) is 70.7 Å². The van der Waals surface area contributed by atoms with E-state index in [-0.39, 0.29) is 0 Å². The number of para-hydroxylation sites is 1. The van der Waals surface area contributed by atoms with E-state index in [1.54, 1.807) is 56.3 Å². The van der Waals surface area contributed by atoms with Crippen molar-refractivity contribution in [3.8, 4) is 17.6 Å². The molecule has 0 amide bonds. The number of carboxylic acid groups (broad SMARTS) is 1. The number of halogens is 2. The van der Waals surface area contributed by atoms with E-state index in [1.807, 2.05) is 12.1 Å². The standard InChI is InChI=1S/C23H23Cl2NO5S/c1-15(2)23(22(27)28,20(13-21(24)25)32(3,29)30)19(14-26)16-8-7-11-18(12-16)31-17-9-5-4-6-10-17/h4-13,15,19-20H,1-3H3,(H,27,28). The van der Waals surface area contributed by atoms with Gasteiger partial charge in [0.15, 0.2) is 9.84 Å². The molecule has 170 valence electrons. The summed E-state index contributed by atoms with van der Waals surface area (Å²) < 4.78 is 30.9. The molecule has 0 bridgehead atoms. The number of nitrogens with zero attached hydrogens (tertiary/aromatic N) is 1. The van der Waals surface area contributed by atoms with Crippen LogP contribution in [0.1, 0.15) is 25.3 Å². The third-order valence-electron chi connectivity index (χ3n) is 5.31. The largest absolute Gasteiger partial charge is 0.481 e. The zero-order valence-corrected chi connectivity index (χ0v) is 20.0. The SMILES string of the molecule is CC(C)C(C(=O)O)(C(C#N)c1cccc(Oc2ccccc2)c1)C(C=C(Cl)Cl)S(C)(=O)=O. The number of rotatable bonds is 9. The molecule has 6 nitrogen and oxygen atoms in total. The molecule has 3 unspecified atom stereocenters. The molecule has 2 aromatic carbocycles. The fraction of sp³-hybridized carbons (Fsp3) is 0.304. The summed E-state index contributed by atoms with van der Waals surface area (Å²) in [6.45, 7) is 3.11. The van der Waals surface area contributed by atoms with E-state index in [0.29, 0.717) is 17.1 Å². The molecular weight excluding hydrogens is 473 g/mol. The van der Waals surface area contributed by atoms with Gasteiger partial charge in [0.05, 0.1) is 17.2 Å². The predicted molar refractivity (Wildman–Crippen MR) is 125 cm³/mol. The zero-order chi connectivity index (χ0) is 24.1. The van der Waals surface area contributed by atoms with Crippen molar-refractivity contribution in [2.75, 3.05) is 6.26 Å². The molecule has 1 N–H and O–H groups in total. The molecule has 0 aliphatic heterocycles. The number of benzene rings is 2. The fourth-order valence-corrected chi connectivity index (χ4v) is 5.89. The van der Waals surface area contributed by atoms with Crippen LogP contribution < -0.4 is 4.74 Å². The molecule has 0 radical (unpaired) electrons. The summed E-state index contributed by atoms with van der Waals surface area (Å²) in [5.74, 6) is -2.67. The maximum Gasteiger partial charge on any atom is 0.313 e. The Morgan fingerprint density at radius 3 is 2.19 bits per heavy atom. The van der Waals surface area contributed by atoms with Crippen molar-refractivity contribution in [1.29, 1.82) is 5.26 Å². The second-order valence-corrected chi connectivity index (χ2v) is 10.8. The van der Waals surface area contributed by atoms with Gasteiger partial charge in [-0.25, -0.2) is 8.42 Å². The molecule has 32 heavy (non-hydrogen) atoms. The molecule has 0 saturated carbocycles. The molecular formula is C23H23Cl2NO5S. The van der Waals surface area contributed by atoms with E-state index in [9.17, 15) is 23.6 Å². The number of sulfone groups is 1. The van der Waals surface area contributed by atoms with Crippen molar-refractivity contribution >= 4 is 39.0 Å². The number of hydrogen-bond acceptors (Lipinski definition) is 5. The Morgan fingerprint density at radius 2 is 1.72 bits per heavy atom. The lowest BCUT2D eigenvalue weighted by molar-refractivity contribution is -0.152. The number of ether oxygens (including phenoxy) is 1. The monoisotopic (exact) mass is 495 g/mol. The molecule has 2 aromatic rings. The van der Waals surface area contributed by atoms with Crippen LogP contribution in [0.3, 0.4) is 0 Å². The van der Waals surface area contributed by atoms with Gasteiger partial charge in [-0.3, -0.25) is 4.79 Å². The van der Waals surface area contributed by atoms with Crippen molar-refractivity contribution in [2.24, 2.45) is 11.3 Å². The van der Waals surface area contributed by atoms with E-state index in [2.05, 4.69) is 0 Å². The molecule has 3 atom stereocenters. The third-order valence-corrected chi connectivity index (χ3v) is 7.01. The van der Waals surface area contributed by atoms with Gasteiger partial charge in [-0.15, -0.1) is 0 Å². The van der Waals surface area contributed by atoms with Gasteiger partial charge >= 0.3 is 5.97 Å². The van der Waals surface area contributed by atoms with Crippen LogP contribution in [0.2, 0.25) is 0 Å². The third kappa shape index (κ3) is 5.44. The molecule has 0 spiro atoms. The second-order valence-electron chi connectivity index (χ2n) is 7.65. The molecule has 2 rings (SSSR count). The summed E-state index contributed by atoms with van der Waals surface area (Å²) in [5, 5.41) is 18.8. The number of aliphatic carboxylic acids is 1. The van der Waals surface area contributed by atoms with Crippen LogP contribution in [-0.2, 0) is 14.6 Å². The summed E-state index contributed by atoms with van der Waals surface area (Å²) in [7, 11) is -4.04. The molecule has 0 fully saturated rings. The Bertz CT molecular complexity index is 1140. The minimum atomic E-state index is -4.04. The first kappa shape index (κ1) is 25.7. The van der Waals surface area contributed by atoms with E-state index in [4.69, 9.17) is 27.9 Å². The van der Waals surface area contributed by atoms with Gasteiger partial charge < -0.3 is 9.84 Å². The number of nitriles is 1. The first-order chi connectivity index (χ1) is 14.9. The fourth-order valence-electron chi connectivity index (χ4n) is 3.89. The lowest BCUT2D eigenvalue weighted by Crippen LogP contribution is -2.53. The minimum Gasteiger partial charge on any atom is -0.481 e. The van der Waals surface area contributed by atoms with Gasteiger partial charge in [0, 0.05) is 6.26 Å². The quantitative estimate of drug-likeness (QED) is 0.489. The number of carbonyl (C=O) groups is 1. The maximum atomic E-state index is 12.7. The maximum absolute atomic E-state index is 12.7. The highest BCUT2D eigenvalue weighted by Gasteiger charge is 2.58. The smallest absolute Gasteiger partial charge is 0.313 e.